The molecule has 3 aliphatic rings. The van der Waals surface area contributed by atoms with E-state index in [0.717, 1.165) is 25.2 Å². The number of guanidine groups is 1. The Labute approximate surface area is 175 Å². The van der Waals surface area contributed by atoms with Crippen molar-refractivity contribution in [3.8, 4) is 0 Å². The Morgan fingerprint density at radius 3 is 2.67 bits per heavy atom. The number of furan rings is 1. The molecule has 3 aliphatic heterocycles. The Bertz CT molecular complexity index is 830. The summed E-state index contributed by atoms with van der Waals surface area (Å²) in [6, 6.07) is 2.44. The second-order valence-corrected chi connectivity index (χ2v) is 7.85. The monoisotopic (exact) mass is 416 g/mol. The largest absolute Gasteiger partial charge is 0.459 e. The van der Waals surface area contributed by atoms with Crippen molar-refractivity contribution in [3.05, 3.63) is 24.2 Å². The first kappa shape index (κ1) is 20.2. The predicted octanol–water partition coefficient (Wildman–Crippen LogP) is 0.776. The molecule has 1 N–H and O–H groups in total. The molecule has 4 amide bonds. The van der Waals surface area contributed by atoms with Crippen molar-refractivity contribution in [3.63, 3.8) is 0 Å². The summed E-state index contributed by atoms with van der Waals surface area (Å²) in [4.78, 5) is 49.4. The van der Waals surface area contributed by atoms with Crippen LogP contribution in [0.15, 0.2) is 27.8 Å². The number of piperazine rings is 1. The second-order valence-electron chi connectivity index (χ2n) is 7.85. The summed E-state index contributed by atoms with van der Waals surface area (Å²) in [5.74, 6) is 0.657. The van der Waals surface area contributed by atoms with Crippen LogP contribution < -0.4 is 5.32 Å². The molecule has 0 bridgehead atoms. The van der Waals surface area contributed by atoms with E-state index in [1.807, 2.05) is 4.90 Å². The van der Waals surface area contributed by atoms with Crippen LogP contribution in [-0.4, -0.2) is 95.4 Å². The van der Waals surface area contributed by atoms with Gasteiger partial charge in [-0.05, 0) is 18.6 Å². The van der Waals surface area contributed by atoms with Crippen molar-refractivity contribution in [2.45, 2.75) is 38.4 Å². The number of hydrogen-bond donors (Lipinski definition) is 1. The van der Waals surface area contributed by atoms with Gasteiger partial charge in [0.15, 0.2) is 23.9 Å². The molecule has 10 nitrogen and oxygen atoms in total. The van der Waals surface area contributed by atoms with Gasteiger partial charge < -0.3 is 24.0 Å². The molecular formula is C20H28N6O4. The van der Waals surface area contributed by atoms with E-state index in [-0.39, 0.29) is 11.8 Å². The van der Waals surface area contributed by atoms with Crippen LogP contribution in [0.3, 0.4) is 0 Å². The van der Waals surface area contributed by atoms with Crippen molar-refractivity contribution >= 4 is 23.8 Å². The number of aliphatic imine (C=N–C) groups is 1. The van der Waals surface area contributed by atoms with E-state index in [1.54, 1.807) is 24.1 Å². The lowest BCUT2D eigenvalue weighted by Gasteiger charge is -2.40. The lowest BCUT2D eigenvalue weighted by Crippen LogP contribution is -2.64. The second kappa shape index (κ2) is 8.37. The molecule has 0 aliphatic carbocycles. The Morgan fingerprint density at radius 1 is 1.23 bits per heavy atom. The summed E-state index contributed by atoms with van der Waals surface area (Å²) in [5.41, 5.74) is 0. The summed E-state index contributed by atoms with van der Waals surface area (Å²) in [7, 11) is 1.66. The van der Waals surface area contributed by atoms with Gasteiger partial charge in [0.25, 0.3) is 11.8 Å². The molecule has 2 fully saturated rings. The summed E-state index contributed by atoms with van der Waals surface area (Å²) in [5, 5.41) is 2.43. The topological polar surface area (TPSA) is 102 Å². The molecule has 4 rings (SSSR count). The number of fused-ring (bicyclic) bond motifs is 1. The molecule has 162 valence electrons. The fourth-order valence-electron chi connectivity index (χ4n) is 4.21. The van der Waals surface area contributed by atoms with E-state index >= 15 is 0 Å². The Kier molecular flexibility index (Phi) is 5.65. The smallest absolute Gasteiger partial charge is 0.325 e. The molecule has 0 saturated carbocycles. The molecular weight excluding hydrogens is 388 g/mol. The van der Waals surface area contributed by atoms with Crippen molar-refractivity contribution in [1.82, 2.24) is 24.9 Å². The summed E-state index contributed by atoms with van der Waals surface area (Å²) < 4.78 is 5.23. The first-order chi connectivity index (χ1) is 14.5. The zero-order valence-electron chi connectivity index (χ0n) is 17.4. The fraction of sp³-hybridized carbons (Fsp3) is 0.600. The number of hydrogen-bond acceptors (Lipinski definition) is 7. The van der Waals surface area contributed by atoms with Crippen LogP contribution in [0.4, 0.5) is 4.79 Å². The van der Waals surface area contributed by atoms with Gasteiger partial charge in [-0.1, -0.05) is 19.8 Å². The van der Waals surface area contributed by atoms with Gasteiger partial charge in [-0.25, -0.2) is 9.79 Å². The van der Waals surface area contributed by atoms with Gasteiger partial charge in [0.1, 0.15) is 0 Å². The number of imide groups is 1. The van der Waals surface area contributed by atoms with E-state index < -0.39 is 18.2 Å². The summed E-state index contributed by atoms with van der Waals surface area (Å²) >= 11 is 0. The van der Waals surface area contributed by atoms with Crippen LogP contribution in [0.2, 0.25) is 0 Å². The third-order valence-corrected chi connectivity index (χ3v) is 5.92. The molecule has 1 aromatic rings. The Balaban J connectivity index is 1.49. The van der Waals surface area contributed by atoms with Gasteiger partial charge >= 0.3 is 6.03 Å². The summed E-state index contributed by atoms with van der Waals surface area (Å²) in [6.07, 6.45) is 4.05. The maximum absolute atomic E-state index is 12.6. The minimum Gasteiger partial charge on any atom is -0.459 e. The third kappa shape index (κ3) is 3.61. The minimum absolute atomic E-state index is 0.119. The van der Waals surface area contributed by atoms with Crippen LogP contribution >= 0.6 is 0 Å². The highest BCUT2D eigenvalue weighted by atomic mass is 16.3. The SMILES string of the molecule is CCCCCN1C(N2CCN(C(=O)c3ccco3)CC2)=NC2C1C(=O)NC(=O)N2C. The average molecular weight is 416 g/mol. The van der Waals surface area contributed by atoms with Crippen LogP contribution in [0.1, 0.15) is 36.7 Å². The maximum atomic E-state index is 12.6. The average Bonchev–Trinajstić information content (AvgIpc) is 3.41. The quantitative estimate of drug-likeness (QED) is 0.712. The molecule has 4 heterocycles. The van der Waals surface area contributed by atoms with Gasteiger partial charge in [0, 0.05) is 39.8 Å². The van der Waals surface area contributed by atoms with Crippen molar-refractivity contribution in [2.24, 2.45) is 4.99 Å². The number of nitrogens with one attached hydrogen (secondary N) is 1. The highest BCUT2D eigenvalue weighted by Gasteiger charge is 2.49. The van der Waals surface area contributed by atoms with Gasteiger partial charge in [-0.15, -0.1) is 0 Å². The van der Waals surface area contributed by atoms with Crippen LogP contribution in [-0.2, 0) is 4.79 Å². The van der Waals surface area contributed by atoms with Crippen molar-refractivity contribution < 1.29 is 18.8 Å². The number of nitrogens with zero attached hydrogens (tertiary/aromatic N) is 5. The normalized spacial score (nSPS) is 24.1. The first-order valence-corrected chi connectivity index (χ1v) is 10.5. The summed E-state index contributed by atoms with van der Waals surface area (Å²) in [6.45, 7) is 5.13. The van der Waals surface area contributed by atoms with Crippen LogP contribution in [0.5, 0.6) is 0 Å². The fourth-order valence-corrected chi connectivity index (χ4v) is 4.21. The number of carbonyl (C=O) groups excluding carboxylic acids is 3. The molecule has 0 aromatic carbocycles. The zero-order valence-corrected chi connectivity index (χ0v) is 17.4. The predicted molar refractivity (Wildman–Crippen MR) is 109 cm³/mol. The maximum Gasteiger partial charge on any atom is 0.325 e. The Morgan fingerprint density at radius 2 is 2.00 bits per heavy atom. The van der Waals surface area contributed by atoms with E-state index in [0.29, 0.717) is 38.5 Å². The van der Waals surface area contributed by atoms with Gasteiger partial charge in [-0.3, -0.25) is 14.9 Å². The molecule has 1 aromatic heterocycles. The van der Waals surface area contributed by atoms with Gasteiger partial charge in [0.2, 0.25) is 0 Å². The molecule has 30 heavy (non-hydrogen) atoms. The van der Waals surface area contributed by atoms with Crippen molar-refractivity contribution in [1.29, 1.82) is 0 Å². The number of urea groups is 1. The number of unbranched alkanes of at least 4 members (excludes halogenated alkanes) is 2. The van der Waals surface area contributed by atoms with E-state index in [9.17, 15) is 14.4 Å². The third-order valence-electron chi connectivity index (χ3n) is 5.92. The standard InChI is InChI=1S/C20H28N6O4/c1-3-4-5-8-26-15-16(23(2)20(29)22-17(15)27)21-19(26)25-11-9-24(10-12-25)18(28)14-7-6-13-30-14/h6-7,13,15-16H,3-5,8-12H2,1-2H3,(H,22,27,29). The van der Waals surface area contributed by atoms with E-state index in [1.165, 1.54) is 11.2 Å². The Hall–Kier alpha value is -3.04. The number of likely N-dealkylation sites (N-methyl/N-ethyl adjacent to an activating group) is 1. The highest BCUT2D eigenvalue weighted by Crippen LogP contribution is 2.26. The van der Waals surface area contributed by atoms with Gasteiger partial charge in [0.05, 0.1) is 6.26 Å². The molecule has 2 atom stereocenters. The van der Waals surface area contributed by atoms with E-state index in [4.69, 9.17) is 9.41 Å². The minimum atomic E-state index is -0.523. The number of rotatable bonds is 5. The first-order valence-electron chi connectivity index (χ1n) is 10.5. The molecule has 0 radical (unpaired) electrons. The van der Waals surface area contributed by atoms with Crippen molar-refractivity contribution in [2.75, 3.05) is 39.8 Å². The molecule has 10 heteroatoms. The number of carbonyl (C=O) groups is 3. The number of amides is 4. The molecule has 0 spiro atoms. The highest BCUT2D eigenvalue weighted by molar-refractivity contribution is 6.03. The lowest BCUT2D eigenvalue weighted by atomic mass is 10.1. The lowest BCUT2D eigenvalue weighted by molar-refractivity contribution is -0.127. The van der Waals surface area contributed by atoms with Crippen LogP contribution in [0, 0.1) is 0 Å². The van der Waals surface area contributed by atoms with Crippen LogP contribution in [0.25, 0.3) is 0 Å². The molecule has 2 unspecified atom stereocenters. The molecule has 2 saturated heterocycles. The van der Waals surface area contributed by atoms with Gasteiger partial charge in [-0.2, -0.15) is 0 Å². The zero-order chi connectivity index (χ0) is 21.3. The van der Waals surface area contributed by atoms with E-state index in [2.05, 4.69) is 17.1 Å².